The Morgan fingerprint density at radius 2 is 1.62 bits per heavy atom. The molecular weight excluding hydrogens is 364 g/mol. The lowest BCUT2D eigenvalue weighted by atomic mass is 9.84. The Balaban J connectivity index is 1.96. The first-order valence-corrected chi connectivity index (χ1v) is 9.66. The van der Waals surface area contributed by atoms with Crippen molar-refractivity contribution in [1.82, 2.24) is 0 Å². The third kappa shape index (κ3) is 3.54. The number of methoxy groups -OCH3 is 2. The van der Waals surface area contributed by atoms with Gasteiger partial charge in [0.2, 0.25) is 0 Å². The van der Waals surface area contributed by atoms with E-state index in [-0.39, 0.29) is 11.9 Å². The molecule has 0 fully saturated rings. The molecule has 148 valence electrons. The van der Waals surface area contributed by atoms with Gasteiger partial charge in [-0.25, -0.2) is 0 Å². The molecule has 1 aliphatic heterocycles. The van der Waals surface area contributed by atoms with Gasteiger partial charge in [0.1, 0.15) is 29.1 Å². The summed E-state index contributed by atoms with van der Waals surface area (Å²) in [5, 5.41) is 9.74. The fourth-order valence-corrected chi connectivity index (χ4v) is 3.84. The number of hydrogen-bond donors (Lipinski definition) is 1. The summed E-state index contributed by atoms with van der Waals surface area (Å²) in [6.45, 7) is 2.15. The Bertz CT molecular complexity index is 1050. The minimum absolute atomic E-state index is 0.234. The topological polar surface area (TPSA) is 47.9 Å². The minimum atomic E-state index is -0.293. The molecule has 0 saturated carbocycles. The first-order chi connectivity index (χ1) is 14.1. The maximum Gasteiger partial charge on any atom is 0.150 e. The minimum Gasteiger partial charge on any atom is -0.508 e. The second-order valence-corrected chi connectivity index (χ2v) is 6.93. The van der Waals surface area contributed by atoms with E-state index in [0.29, 0.717) is 0 Å². The smallest absolute Gasteiger partial charge is 0.150 e. The highest BCUT2D eigenvalue weighted by molar-refractivity contribution is 5.96. The van der Waals surface area contributed by atoms with Gasteiger partial charge in [0.25, 0.3) is 0 Å². The molecule has 3 aromatic carbocycles. The maximum absolute atomic E-state index is 9.74. The van der Waals surface area contributed by atoms with Crippen molar-refractivity contribution < 1.29 is 19.3 Å². The molecule has 0 unspecified atom stereocenters. The number of hydrogen-bond acceptors (Lipinski definition) is 4. The van der Waals surface area contributed by atoms with E-state index in [9.17, 15) is 5.11 Å². The van der Waals surface area contributed by atoms with Crippen LogP contribution in [-0.4, -0.2) is 19.3 Å². The van der Waals surface area contributed by atoms with Crippen LogP contribution in [0.1, 0.15) is 36.1 Å². The van der Waals surface area contributed by atoms with Crippen LogP contribution in [0.5, 0.6) is 23.0 Å². The van der Waals surface area contributed by atoms with Gasteiger partial charge in [0, 0.05) is 11.1 Å². The van der Waals surface area contributed by atoms with Crippen molar-refractivity contribution in [1.29, 1.82) is 0 Å². The standard InChI is InChI=1S/C25H24O4/c1-4-21-22-15-20(28-3)12-13-23(22)29-25(16-8-10-18(26)11-9-16)24(21)17-6-5-7-19(14-17)27-2/h5-15,25-26H,4H2,1-3H3/t25-/m1/s1. The Hall–Kier alpha value is -3.40. The van der Waals surface area contributed by atoms with Crippen LogP contribution >= 0.6 is 0 Å². The summed E-state index contributed by atoms with van der Waals surface area (Å²) >= 11 is 0. The van der Waals surface area contributed by atoms with Gasteiger partial charge in [-0.3, -0.25) is 0 Å². The van der Waals surface area contributed by atoms with Crippen molar-refractivity contribution in [2.45, 2.75) is 19.4 Å². The third-order valence-electron chi connectivity index (χ3n) is 5.27. The number of phenolic OH excluding ortho intramolecular Hbond substituents is 1. The molecule has 29 heavy (non-hydrogen) atoms. The van der Waals surface area contributed by atoms with Gasteiger partial charge in [0.15, 0.2) is 0 Å². The van der Waals surface area contributed by atoms with Crippen LogP contribution in [0.15, 0.2) is 66.7 Å². The zero-order valence-electron chi connectivity index (χ0n) is 16.8. The van der Waals surface area contributed by atoms with Gasteiger partial charge in [0.05, 0.1) is 14.2 Å². The van der Waals surface area contributed by atoms with Gasteiger partial charge in [-0.15, -0.1) is 0 Å². The Morgan fingerprint density at radius 3 is 2.31 bits per heavy atom. The summed E-state index contributed by atoms with van der Waals surface area (Å²) in [7, 11) is 3.34. The number of rotatable bonds is 5. The zero-order valence-corrected chi connectivity index (χ0v) is 16.8. The SMILES string of the molecule is CCC1=C(c2cccc(OC)c2)[C@@H](c2ccc(O)cc2)Oc2ccc(OC)cc21. The molecule has 3 aromatic rings. The molecule has 4 heteroatoms. The third-order valence-corrected chi connectivity index (χ3v) is 5.27. The molecule has 0 saturated heterocycles. The fourth-order valence-electron chi connectivity index (χ4n) is 3.84. The monoisotopic (exact) mass is 388 g/mol. The van der Waals surface area contributed by atoms with Gasteiger partial charge in [-0.1, -0.05) is 31.2 Å². The quantitative estimate of drug-likeness (QED) is 0.594. The predicted octanol–water partition coefficient (Wildman–Crippen LogP) is 5.86. The summed E-state index contributed by atoms with van der Waals surface area (Å²) in [5.41, 5.74) is 5.37. The molecule has 0 spiro atoms. The predicted molar refractivity (Wildman–Crippen MR) is 115 cm³/mol. The highest BCUT2D eigenvalue weighted by atomic mass is 16.5. The van der Waals surface area contributed by atoms with E-state index in [2.05, 4.69) is 13.0 Å². The summed E-state index contributed by atoms with van der Waals surface area (Å²) in [4.78, 5) is 0. The van der Waals surface area contributed by atoms with E-state index in [1.165, 1.54) is 5.57 Å². The summed E-state index contributed by atoms with van der Waals surface area (Å²) in [6, 6.07) is 21.1. The van der Waals surface area contributed by atoms with Crippen LogP contribution in [0.4, 0.5) is 0 Å². The number of benzene rings is 3. The first-order valence-electron chi connectivity index (χ1n) is 9.66. The van der Waals surface area contributed by atoms with Crippen molar-refractivity contribution in [3.05, 3.63) is 83.4 Å². The maximum atomic E-state index is 9.74. The highest BCUT2D eigenvalue weighted by Gasteiger charge is 2.30. The normalized spacial score (nSPS) is 15.5. The molecule has 0 amide bonds. The van der Waals surface area contributed by atoms with Crippen LogP contribution in [0.3, 0.4) is 0 Å². The lowest BCUT2D eigenvalue weighted by Gasteiger charge is -2.32. The average molecular weight is 388 g/mol. The lowest BCUT2D eigenvalue weighted by Crippen LogP contribution is -2.17. The molecule has 1 atom stereocenters. The summed E-state index contributed by atoms with van der Waals surface area (Å²) in [5.74, 6) is 2.66. The molecule has 4 nitrogen and oxygen atoms in total. The molecule has 1 N–H and O–H groups in total. The molecule has 0 radical (unpaired) electrons. The highest BCUT2D eigenvalue weighted by Crippen LogP contribution is 2.49. The largest absolute Gasteiger partial charge is 0.508 e. The first kappa shape index (κ1) is 18.9. The van der Waals surface area contributed by atoms with Gasteiger partial charge in [-0.2, -0.15) is 0 Å². The van der Waals surface area contributed by atoms with E-state index in [0.717, 1.165) is 45.9 Å². The Kier molecular flexibility index (Phi) is 5.17. The molecule has 1 aliphatic rings. The number of allylic oxidation sites excluding steroid dienone is 1. The van der Waals surface area contributed by atoms with E-state index in [1.54, 1.807) is 26.4 Å². The van der Waals surface area contributed by atoms with Crippen LogP contribution in [0.2, 0.25) is 0 Å². The molecule has 0 aliphatic carbocycles. The summed E-state index contributed by atoms with van der Waals surface area (Å²) < 4.78 is 17.4. The van der Waals surface area contributed by atoms with Crippen molar-refractivity contribution in [2.24, 2.45) is 0 Å². The molecule has 4 rings (SSSR count). The van der Waals surface area contributed by atoms with Crippen molar-refractivity contribution >= 4 is 11.1 Å². The fraction of sp³-hybridized carbons (Fsp3) is 0.200. The average Bonchev–Trinajstić information content (AvgIpc) is 2.77. The van der Waals surface area contributed by atoms with Gasteiger partial charge < -0.3 is 19.3 Å². The van der Waals surface area contributed by atoms with Gasteiger partial charge >= 0.3 is 0 Å². The second-order valence-electron chi connectivity index (χ2n) is 6.93. The van der Waals surface area contributed by atoms with Crippen LogP contribution in [-0.2, 0) is 0 Å². The Labute approximate surface area is 171 Å². The zero-order chi connectivity index (χ0) is 20.4. The summed E-state index contributed by atoms with van der Waals surface area (Å²) in [6.07, 6.45) is 0.545. The van der Waals surface area contributed by atoms with Crippen LogP contribution in [0.25, 0.3) is 11.1 Å². The molecule has 0 aromatic heterocycles. The van der Waals surface area contributed by atoms with Crippen molar-refractivity contribution in [3.8, 4) is 23.0 Å². The number of ether oxygens (including phenoxy) is 3. The van der Waals surface area contributed by atoms with E-state index >= 15 is 0 Å². The Morgan fingerprint density at radius 1 is 0.897 bits per heavy atom. The second kappa shape index (κ2) is 7.92. The van der Waals surface area contributed by atoms with Crippen molar-refractivity contribution in [2.75, 3.05) is 14.2 Å². The van der Waals surface area contributed by atoms with Crippen LogP contribution in [0, 0.1) is 0 Å². The number of aromatic hydroxyl groups is 1. The molecular formula is C25H24O4. The van der Waals surface area contributed by atoms with Crippen LogP contribution < -0.4 is 14.2 Å². The van der Waals surface area contributed by atoms with Crippen molar-refractivity contribution in [3.63, 3.8) is 0 Å². The molecule has 0 bridgehead atoms. The number of fused-ring (bicyclic) bond motifs is 1. The lowest BCUT2D eigenvalue weighted by molar-refractivity contribution is 0.259. The van der Waals surface area contributed by atoms with Gasteiger partial charge in [-0.05, 0) is 65.6 Å². The van der Waals surface area contributed by atoms with E-state index in [4.69, 9.17) is 14.2 Å². The number of phenols is 1. The van der Waals surface area contributed by atoms with E-state index < -0.39 is 0 Å². The molecule has 1 heterocycles. The van der Waals surface area contributed by atoms with E-state index in [1.807, 2.05) is 48.5 Å².